The summed E-state index contributed by atoms with van der Waals surface area (Å²) in [6, 6.07) is 8.97. The number of ether oxygens (including phenoxy) is 1. The average molecular weight is 245 g/mol. The molecule has 1 atom stereocenters. The van der Waals surface area contributed by atoms with Crippen molar-refractivity contribution in [1.82, 2.24) is 5.32 Å². The Balaban J connectivity index is 1.94. The Morgan fingerprint density at radius 1 is 1.33 bits per heavy atom. The second-order valence-electron chi connectivity index (χ2n) is 4.92. The molecule has 2 aromatic rings. The van der Waals surface area contributed by atoms with Gasteiger partial charge in [-0.15, -0.1) is 0 Å². The number of benzene rings is 1. The van der Waals surface area contributed by atoms with Crippen LogP contribution in [-0.2, 0) is 11.2 Å². The zero-order valence-electron chi connectivity index (χ0n) is 10.9. The lowest BCUT2D eigenvalue weighted by Gasteiger charge is -2.29. The van der Waals surface area contributed by atoms with Gasteiger partial charge in [-0.25, -0.2) is 0 Å². The highest BCUT2D eigenvalue weighted by atomic mass is 16.5. The number of hydrogen-bond acceptors (Lipinski definition) is 3. The summed E-state index contributed by atoms with van der Waals surface area (Å²) in [4.78, 5) is 0. The smallest absolute Gasteiger partial charge is 0.134 e. The van der Waals surface area contributed by atoms with Gasteiger partial charge in [0.2, 0.25) is 0 Å². The van der Waals surface area contributed by atoms with Gasteiger partial charge in [0.25, 0.3) is 0 Å². The van der Waals surface area contributed by atoms with Gasteiger partial charge in [-0.2, -0.15) is 0 Å². The SMILES string of the molecule is CCc1c(C(C)NC2COC2)oc2ccccc12. The molecule has 2 heterocycles. The van der Waals surface area contributed by atoms with Gasteiger partial charge >= 0.3 is 0 Å². The minimum absolute atomic E-state index is 0.237. The van der Waals surface area contributed by atoms with Crippen LogP contribution in [0.3, 0.4) is 0 Å². The molecule has 1 fully saturated rings. The molecule has 1 unspecified atom stereocenters. The molecule has 18 heavy (non-hydrogen) atoms. The Morgan fingerprint density at radius 2 is 2.11 bits per heavy atom. The molecule has 1 N–H and O–H groups in total. The molecule has 0 radical (unpaired) electrons. The second-order valence-corrected chi connectivity index (χ2v) is 4.92. The van der Waals surface area contributed by atoms with Crippen molar-refractivity contribution in [3.05, 3.63) is 35.6 Å². The van der Waals surface area contributed by atoms with E-state index in [9.17, 15) is 0 Å². The van der Waals surface area contributed by atoms with Gasteiger partial charge in [-0.1, -0.05) is 25.1 Å². The molecule has 1 aromatic carbocycles. The molecular weight excluding hydrogens is 226 g/mol. The highest BCUT2D eigenvalue weighted by Gasteiger charge is 2.24. The lowest BCUT2D eigenvalue weighted by Crippen LogP contribution is -2.46. The van der Waals surface area contributed by atoms with Crippen molar-refractivity contribution in [2.45, 2.75) is 32.4 Å². The van der Waals surface area contributed by atoms with Crippen LogP contribution in [0.5, 0.6) is 0 Å². The molecule has 3 nitrogen and oxygen atoms in total. The molecule has 0 bridgehead atoms. The molecule has 96 valence electrons. The van der Waals surface area contributed by atoms with Crippen LogP contribution >= 0.6 is 0 Å². The fraction of sp³-hybridized carbons (Fsp3) is 0.467. The summed E-state index contributed by atoms with van der Waals surface area (Å²) in [5.74, 6) is 1.07. The highest BCUT2D eigenvalue weighted by molar-refractivity contribution is 5.82. The minimum Gasteiger partial charge on any atom is -0.459 e. The number of furan rings is 1. The fourth-order valence-corrected chi connectivity index (χ4v) is 2.59. The van der Waals surface area contributed by atoms with Gasteiger partial charge in [-0.3, -0.25) is 0 Å². The zero-order valence-corrected chi connectivity index (χ0v) is 10.9. The van der Waals surface area contributed by atoms with Crippen LogP contribution in [0, 0.1) is 0 Å². The van der Waals surface area contributed by atoms with Crippen LogP contribution in [-0.4, -0.2) is 19.3 Å². The van der Waals surface area contributed by atoms with E-state index in [-0.39, 0.29) is 6.04 Å². The van der Waals surface area contributed by atoms with Crippen molar-refractivity contribution in [1.29, 1.82) is 0 Å². The summed E-state index contributed by atoms with van der Waals surface area (Å²) in [6.45, 7) is 5.97. The molecule has 1 aliphatic rings. The Hall–Kier alpha value is -1.32. The number of para-hydroxylation sites is 1. The number of nitrogens with one attached hydrogen (secondary N) is 1. The van der Waals surface area contributed by atoms with E-state index in [1.54, 1.807) is 0 Å². The Bertz CT molecular complexity index is 542. The number of rotatable bonds is 4. The first-order valence-electron chi connectivity index (χ1n) is 6.63. The van der Waals surface area contributed by atoms with Gasteiger partial charge < -0.3 is 14.5 Å². The van der Waals surface area contributed by atoms with Gasteiger partial charge in [0, 0.05) is 10.9 Å². The number of aryl methyl sites for hydroxylation is 1. The maximum atomic E-state index is 6.02. The van der Waals surface area contributed by atoms with E-state index in [1.165, 1.54) is 10.9 Å². The van der Waals surface area contributed by atoms with E-state index < -0.39 is 0 Å². The summed E-state index contributed by atoms with van der Waals surface area (Å²) < 4.78 is 11.2. The van der Waals surface area contributed by atoms with Gasteiger partial charge in [0.15, 0.2) is 0 Å². The molecule has 3 heteroatoms. The minimum atomic E-state index is 0.237. The number of fused-ring (bicyclic) bond motifs is 1. The van der Waals surface area contributed by atoms with Crippen LogP contribution in [0.4, 0.5) is 0 Å². The predicted molar refractivity (Wildman–Crippen MR) is 71.7 cm³/mol. The van der Waals surface area contributed by atoms with Gasteiger partial charge in [-0.05, 0) is 19.4 Å². The lowest BCUT2D eigenvalue weighted by atomic mass is 10.0. The molecule has 1 aromatic heterocycles. The van der Waals surface area contributed by atoms with Crippen LogP contribution < -0.4 is 5.32 Å². The van der Waals surface area contributed by atoms with E-state index in [0.717, 1.165) is 31.0 Å². The molecular formula is C15H19NO2. The second kappa shape index (κ2) is 4.75. The molecule has 0 aliphatic carbocycles. The van der Waals surface area contributed by atoms with Crippen molar-refractivity contribution in [3.8, 4) is 0 Å². The zero-order chi connectivity index (χ0) is 12.5. The topological polar surface area (TPSA) is 34.4 Å². The monoisotopic (exact) mass is 245 g/mol. The Labute approximate surface area is 107 Å². The van der Waals surface area contributed by atoms with Crippen LogP contribution in [0.1, 0.15) is 31.2 Å². The van der Waals surface area contributed by atoms with E-state index in [2.05, 4.69) is 31.3 Å². The summed E-state index contributed by atoms with van der Waals surface area (Å²) in [5, 5.41) is 4.79. The molecule has 3 rings (SSSR count). The summed E-state index contributed by atoms with van der Waals surface area (Å²) in [7, 11) is 0. The molecule has 1 aliphatic heterocycles. The van der Waals surface area contributed by atoms with Crippen molar-refractivity contribution in [2.75, 3.05) is 13.2 Å². The lowest BCUT2D eigenvalue weighted by molar-refractivity contribution is -0.0102. The maximum Gasteiger partial charge on any atom is 0.134 e. The van der Waals surface area contributed by atoms with E-state index in [4.69, 9.17) is 9.15 Å². The van der Waals surface area contributed by atoms with Crippen molar-refractivity contribution < 1.29 is 9.15 Å². The summed E-state index contributed by atoms with van der Waals surface area (Å²) in [5.41, 5.74) is 2.31. The maximum absolute atomic E-state index is 6.02. The third-order valence-electron chi connectivity index (χ3n) is 3.60. The van der Waals surface area contributed by atoms with E-state index in [0.29, 0.717) is 6.04 Å². The quantitative estimate of drug-likeness (QED) is 0.899. The normalized spacial score (nSPS) is 17.9. The van der Waals surface area contributed by atoms with Crippen LogP contribution in [0.15, 0.2) is 28.7 Å². The summed E-state index contributed by atoms with van der Waals surface area (Å²) in [6.07, 6.45) is 1.000. The average Bonchev–Trinajstić information content (AvgIpc) is 2.72. The first-order valence-corrected chi connectivity index (χ1v) is 6.63. The van der Waals surface area contributed by atoms with E-state index in [1.807, 2.05) is 12.1 Å². The predicted octanol–water partition coefficient (Wildman–Crippen LogP) is 3.04. The van der Waals surface area contributed by atoms with E-state index >= 15 is 0 Å². The third-order valence-corrected chi connectivity index (χ3v) is 3.60. The Kier molecular flexibility index (Phi) is 3.10. The van der Waals surface area contributed by atoms with Crippen LogP contribution in [0.2, 0.25) is 0 Å². The fourth-order valence-electron chi connectivity index (χ4n) is 2.59. The highest BCUT2D eigenvalue weighted by Crippen LogP contribution is 2.30. The van der Waals surface area contributed by atoms with Gasteiger partial charge in [0.05, 0.1) is 25.3 Å². The Morgan fingerprint density at radius 3 is 2.78 bits per heavy atom. The first kappa shape index (κ1) is 11.8. The van der Waals surface area contributed by atoms with Crippen molar-refractivity contribution in [2.24, 2.45) is 0 Å². The molecule has 1 saturated heterocycles. The van der Waals surface area contributed by atoms with Crippen molar-refractivity contribution >= 4 is 11.0 Å². The standard InChI is InChI=1S/C15H19NO2/c1-3-12-13-6-4-5-7-14(13)18-15(12)10(2)16-11-8-17-9-11/h4-7,10-11,16H,3,8-9H2,1-2H3. The third kappa shape index (κ3) is 1.93. The van der Waals surface area contributed by atoms with Crippen LogP contribution in [0.25, 0.3) is 11.0 Å². The largest absolute Gasteiger partial charge is 0.459 e. The molecule has 0 spiro atoms. The molecule has 0 saturated carbocycles. The first-order chi connectivity index (χ1) is 8.79. The number of hydrogen-bond donors (Lipinski definition) is 1. The van der Waals surface area contributed by atoms with Gasteiger partial charge in [0.1, 0.15) is 11.3 Å². The molecule has 0 amide bonds. The van der Waals surface area contributed by atoms with Crippen molar-refractivity contribution in [3.63, 3.8) is 0 Å². The summed E-state index contributed by atoms with van der Waals surface area (Å²) >= 11 is 0.